The average molecular weight is 474 g/mol. The van der Waals surface area contributed by atoms with E-state index < -0.39 is 37.3 Å². The van der Waals surface area contributed by atoms with Gasteiger partial charge in [-0.1, -0.05) is 47.5 Å². The van der Waals surface area contributed by atoms with E-state index in [9.17, 15) is 31.1 Å². The Labute approximate surface area is 187 Å². The highest BCUT2D eigenvalue weighted by Crippen LogP contribution is 2.37. The first-order valence-corrected chi connectivity index (χ1v) is 9.89. The Kier molecular flexibility index (Phi) is 8.54. The number of hydrogen-bond acceptors (Lipinski definition) is 3. The molecule has 0 fully saturated rings. The summed E-state index contributed by atoms with van der Waals surface area (Å²) in [5.74, 6) is -2.73. The van der Waals surface area contributed by atoms with Gasteiger partial charge in [0.15, 0.2) is 6.61 Å². The minimum atomic E-state index is -4.52. The van der Waals surface area contributed by atoms with Crippen molar-refractivity contribution < 1.29 is 36.0 Å². The van der Waals surface area contributed by atoms with Gasteiger partial charge in [0.05, 0.1) is 11.6 Å². The van der Waals surface area contributed by atoms with Crippen LogP contribution in [0.3, 0.4) is 0 Å². The molecule has 0 heterocycles. The van der Waals surface area contributed by atoms with Crippen LogP contribution in [0.25, 0.3) is 6.08 Å². The lowest BCUT2D eigenvalue weighted by Gasteiger charge is -2.18. The molecule has 0 aliphatic heterocycles. The zero-order valence-electron chi connectivity index (χ0n) is 18.2. The van der Waals surface area contributed by atoms with Gasteiger partial charge in [-0.3, -0.25) is 15.1 Å². The minimum Gasteiger partial charge on any atom is -0.345 e. The fraction of sp³-hybridized carbons (Fsp3) is 0.348. The molecule has 2 N–H and O–H groups in total. The number of hydrogen-bond donors (Lipinski definition) is 2. The summed E-state index contributed by atoms with van der Waals surface area (Å²) in [6.45, 7) is 3.03. The van der Waals surface area contributed by atoms with Gasteiger partial charge in [0.25, 0.3) is 0 Å². The zero-order chi connectivity index (χ0) is 24.8. The molecule has 0 aromatic heterocycles. The molecule has 0 saturated carbocycles. The van der Waals surface area contributed by atoms with Gasteiger partial charge in [-0.05, 0) is 49.6 Å². The Hall–Kier alpha value is -3.01. The Morgan fingerprint density at radius 3 is 2.18 bits per heavy atom. The third-order valence-corrected chi connectivity index (χ3v) is 4.56. The lowest BCUT2D eigenvalue weighted by molar-refractivity contribution is -0.140. The molecule has 0 radical (unpaired) electrons. The van der Waals surface area contributed by atoms with Crippen LogP contribution in [-0.4, -0.2) is 31.4 Å². The fourth-order valence-electron chi connectivity index (χ4n) is 3.14. The smallest absolute Gasteiger partial charge is 0.345 e. The molecule has 2 rings (SSSR count). The maximum atomic E-state index is 13.7. The van der Waals surface area contributed by atoms with Crippen molar-refractivity contribution in [3.8, 4) is 0 Å². The second kappa shape index (κ2) is 10.7. The standard InChI is InChI=1S/C23H24F6N2O2/c1-14-8-15(2)10-18(9-14)19(23(27,28)29)6-4-17-5-7-20(16(3)11-17)31-33-12-21(32)30-13-22(24,25)26/h4-11,19,31H,12-13H2,1-3H3,(H,30,32)/b6-4+. The number of alkyl halides is 6. The molecule has 2 aromatic carbocycles. The molecule has 0 bridgehead atoms. The summed E-state index contributed by atoms with van der Waals surface area (Å²) < 4.78 is 77.2. The van der Waals surface area contributed by atoms with Crippen molar-refractivity contribution >= 4 is 17.7 Å². The van der Waals surface area contributed by atoms with E-state index in [1.54, 1.807) is 44.3 Å². The van der Waals surface area contributed by atoms with E-state index in [2.05, 4.69) is 5.48 Å². The summed E-state index contributed by atoms with van der Waals surface area (Å²) in [5, 5.41) is 1.66. The molecule has 1 unspecified atom stereocenters. The van der Waals surface area contributed by atoms with Gasteiger partial charge >= 0.3 is 12.4 Å². The first kappa shape index (κ1) is 26.2. The number of carbonyl (C=O) groups excluding carboxylic acids is 1. The van der Waals surface area contributed by atoms with Crippen molar-refractivity contribution in [1.29, 1.82) is 0 Å². The third-order valence-electron chi connectivity index (χ3n) is 4.56. The van der Waals surface area contributed by atoms with Crippen LogP contribution in [0.4, 0.5) is 32.0 Å². The largest absolute Gasteiger partial charge is 0.405 e. The molecule has 0 spiro atoms. The second-order valence-electron chi connectivity index (χ2n) is 7.66. The molecule has 33 heavy (non-hydrogen) atoms. The first-order valence-electron chi connectivity index (χ1n) is 9.89. The van der Waals surface area contributed by atoms with Crippen LogP contribution in [0.15, 0.2) is 42.5 Å². The predicted molar refractivity (Wildman–Crippen MR) is 114 cm³/mol. The highest BCUT2D eigenvalue weighted by Gasteiger charge is 2.39. The fourth-order valence-corrected chi connectivity index (χ4v) is 3.14. The molecular weight excluding hydrogens is 450 g/mol. The van der Waals surface area contributed by atoms with Gasteiger partial charge in [-0.15, -0.1) is 0 Å². The number of rotatable bonds is 8. The molecule has 0 aliphatic carbocycles. The van der Waals surface area contributed by atoms with Gasteiger partial charge in [-0.25, -0.2) is 0 Å². The van der Waals surface area contributed by atoms with E-state index in [0.717, 1.165) is 17.2 Å². The molecule has 0 aliphatic rings. The molecule has 1 atom stereocenters. The number of amides is 1. The van der Waals surface area contributed by atoms with Crippen molar-refractivity contribution in [2.45, 2.75) is 39.0 Å². The van der Waals surface area contributed by atoms with E-state index in [1.807, 2.05) is 0 Å². The summed E-state index contributed by atoms with van der Waals surface area (Å²) in [6, 6.07) is 9.51. The number of halogens is 6. The Bertz CT molecular complexity index is 979. The summed E-state index contributed by atoms with van der Waals surface area (Å²) in [6.07, 6.45) is -6.52. The summed E-state index contributed by atoms with van der Waals surface area (Å²) >= 11 is 0. The monoisotopic (exact) mass is 474 g/mol. The highest BCUT2D eigenvalue weighted by atomic mass is 19.4. The molecule has 10 heteroatoms. The lowest BCUT2D eigenvalue weighted by atomic mass is 9.94. The van der Waals surface area contributed by atoms with Crippen LogP contribution in [0.5, 0.6) is 0 Å². The minimum absolute atomic E-state index is 0.156. The van der Waals surface area contributed by atoms with E-state index in [-0.39, 0.29) is 5.56 Å². The molecule has 180 valence electrons. The lowest BCUT2D eigenvalue weighted by Crippen LogP contribution is -2.36. The summed E-state index contributed by atoms with van der Waals surface area (Å²) in [5.41, 5.74) is 5.62. The Balaban J connectivity index is 2.05. The van der Waals surface area contributed by atoms with E-state index in [1.165, 1.54) is 24.3 Å². The highest BCUT2D eigenvalue weighted by molar-refractivity contribution is 5.77. The van der Waals surface area contributed by atoms with Crippen molar-refractivity contribution in [1.82, 2.24) is 5.32 Å². The van der Waals surface area contributed by atoms with Crippen molar-refractivity contribution in [2.24, 2.45) is 0 Å². The Morgan fingerprint density at radius 2 is 1.64 bits per heavy atom. The van der Waals surface area contributed by atoms with Crippen LogP contribution in [0, 0.1) is 20.8 Å². The molecular formula is C23H24F6N2O2. The molecule has 2 aromatic rings. The molecule has 1 amide bonds. The first-order chi connectivity index (χ1) is 15.2. The number of allylic oxidation sites excluding steroid dienone is 1. The maximum Gasteiger partial charge on any atom is 0.405 e. The molecule has 0 saturated heterocycles. The topological polar surface area (TPSA) is 50.4 Å². The van der Waals surface area contributed by atoms with E-state index in [4.69, 9.17) is 4.84 Å². The van der Waals surface area contributed by atoms with Crippen LogP contribution in [0.2, 0.25) is 0 Å². The van der Waals surface area contributed by atoms with E-state index >= 15 is 0 Å². The maximum absolute atomic E-state index is 13.7. The number of carbonyl (C=O) groups is 1. The zero-order valence-corrected chi connectivity index (χ0v) is 18.2. The quantitative estimate of drug-likeness (QED) is 0.365. The number of nitrogens with one attached hydrogen (secondary N) is 2. The van der Waals surface area contributed by atoms with Crippen molar-refractivity contribution in [2.75, 3.05) is 18.6 Å². The average Bonchev–Trinajstić information content (AvgIpc) is 2.66. The molecule has 4 nitrogen and oxygen atoms in total. The normalized spacial score (nSPS) is 13.2. The van der Waals surface area contributed by atoms with Crippen molar-refractivity contribution in [3.63, 3.8) is 0 Å². The van der Waals surface area contributed by atoms with Crippen LogP contribution in [0.1, 0.15) is 33.7 Å². The summed E-state index contributed by atoms with van der Waals surface area (Å²) in [4.78, 5) is 16.2. The number of benzene rings is 2. The SMILES string of the molecule is Cc1cc(C)cc(C(/C=C/c2ccc(NOCC(=O)NCC(F)(F)F)c(C)c2)C(F)(F)F)c1. The third kappa shape index (κ3) is 8.80. The number of aryl methyl sites for hydroxylation is 3. The van der Waals surface area contributed by atoms with Gasteiger partial charge < -0.3 is 5.32 Å². The van der Waals surface area contributed by atoms with E-state index in [0.29, 0.717) is 16.8 Å². The van der Waals surface area contributed by atoms with Crippen LogP contribution >= 0.6 is 0 Å². The van der Waals surface area contributed by atoms with Gasteiger partial charge in [-0.2, -0.15) is 26.3 Å². The van der Waals surface area contributed by atoms with Gasteiger partial charge in [0.2, 0.25) is 5.91 Å². The second-order valence-corrected chi connectivity index (χ2v) is 7.66. The predicted octanol–water partition coefficient (Wildman–Crippen LogP) is 5.99. The van der Waals surface area contributed by atoms with Gasteiger partial charge in [0, 0.05) is 0 Å². The van der Waals surface area contributed by atoms with Crippen LogP contribution in [-0.2, 0) is 9.63 Å². The summed E-state index contributed by atoms with van der Waals surface area (Å²) in [7, 11) is 0. The van der Waals surface area contributed by atoms with Crippen molar-refractivity contribution in [3.05, 3.63) is 70.3 Å². The van der Waals surface area contributed by atoms with Crippen LogP contribution < -0.4 is 10.8 Å². The number of anilines is 1. The Morgan fingerprint density at radius 1 is 1.00 bits per heavy atom. The van der Waals surface area contributed by atoms with Gasteiger partial charge in [0.1, 0.15) is 6.54 Å².